The van der Waals surface area contributed by atoms with Gasteiger partial charge in [0.2, 0.25) is 0 Å². The minimum Gasteiger partial charge on any atom is -0.248 e. The van der Waals surface area contributed by atoms with Crippen LogP contribution in [-0.4, -0.2) is 10.7 Å². The Bertz CT molecular complexity index is 292. The van der Waals surface area contributed by atoms with Crippen molar-refractivity contribution < 1.29 is 0 Å². The van der Waals surface area contributed by atoms with E-state index in [0.717, 1.165) is 0 Å². The number of nitrogens with zero attached hydrogens (tertiary/aromatic N) is 1. The number of thioether (sulfide) groups is 1. The topological polar surface area (TPSA) is 12.9 Å². The summed E-state index contributed by atoms with van der Waals surface area (Å²) in [4.78, 5) is 5.64. The molecule has 1 atom stereocenters. The molecule has 1 aliphatic heterocycles. The third-order valence-electron chi connectivity index (χ3n) is 2.36. The van der Waals surface area contributed by atoms with Gasteiger partial charge in [-0.05, 0) is 25.5 Å². The third kappa shape index (κ3) is 1.88. The van der Waals surface area contributed by atoms with E-state index in [-0.39, 0.29) is 4.75 Å². The van der Waals surface area contributed by atoms with E-state index in [2.05, 4.69) is 11.9 Å². The SMILES string of the molecule is CC1(c2ncc(CCl)s2)CCCS1. The molecule has 72 valence electrons. The van der Waals surface area contributed by atoms with Gasteiger partial charge in [-0.2, -0.15) is 0 Å². The second-order valence-electron chi connectivity index (χ2n) is 3.45. The second kappa shape index (κ2) is 3.79. The van der Waals surface area contributed by atoms with Crippen molar-refractivity contribution in [2.45, 2.75) is 30.4 Å². The molecule has 0 aliphatic carbocycles. The minimum absolute atomic E-state index is 0.273. The molecule has 0 spiro atoms. The number of rotatable bonds is 2. The lowest BCUT2D eigenvalue weighted by atomic mass is 10.1. The van der Waals surface area contributed by atoms with E-state index in [0.29, 0.717) is 5.88 Å². The second-order valence-corrected chi connectivity index (χ2v) is 6.43. The molecule has 1 aromatic rings. The van der Waals surface area contributed by atoms with Crippen molar-refractivity contribution in [2.24, 2.45) is 0 Å². The Morgan fingerprint density at radius 2 is 2.54 bits per heavy atom. The molecule has 1 saturated heterocycles. The van der Waals surface area contributed by atoms with Crippen molar-refractivity contribution in [1.82, 2.24) is 4.98 Å². The lowest BCUT2D eigenvalue weighted by molar-refractivity contribution is 0.641. The van der Waals surface area contributed by atoms with Gasteiger partial charge in [-0.15, -0.1) is 34.7 Å². The fraction of sp³-hybridized carbons (Fsp3) is 0.667. The number of alkyl halides is 1. The highest BCUT2D eigenvalue weighted by Gasteiger charge is 2.34. The fourth-order valence-electron chi connectivity index (χ4n) is 1.56. The molecule has 0 radical (unpaired) electrons. The summed E-state index contributed by atoms with van der Waals surface area (Å²) in [6.07, 6.45) is 4.49. The summed E-state index contributed by atoms with van der Waals surface area (Å²) >= 11 is 9.55. The smallest absolute Gasteiger partial charge is 0.109 e. The number of thiazole rings is 1. The molecule has 1 nitrogen and oxygen atoms in total. The summed E-state index contributed by atoms with van der Waals surface area (Å²) in [6.45, 7) is 2.29. The Labute approximate surface area is 91.9 Å². The van der Waals surface area contributed by atoms with Crippen LogP contribution >= 0.6 is 34.7 Å². The molecule has 0 bridgehead atoms. The predicted octanol–water partition coefficient (Wildman–Crippen LogP) is 3.62. The van der Waals surface area contributed by atoms with E-state index in [4.69, 9.17) is 11.6 Å². The van der Waals surface area contributed by atoms with Crippen LogP contribution in [0, 0.1) is 0 Å². The third-order valence-corrected chi connectivity index (χ3v) is 5.72. The zero-order valence-corrected chi connectivity index (χ0v) is 9.94. The Kier molecular flexibility index (Phi) is 2.86. The maximum absolute atomic E-state index is 5.76. The lowest BCUT2D eigenvalue weighted by Crippen LogP contribution is -2.11. The highest BCUT2D eigenvalue weighted by Crippen LogP contribution is 2.47. The molecular weight excluding hydrogens is 222 g/mol. The summed E-state index contributed by atoms with van der Waals surface area (Å²) in [5.41, 5.74) is 0. The number of hydrogen-bond donors (Lipinski definition) is 0. The molecule has 1 fully saturated rings. The van der Waals surface area contributed by atoms with E-state index in [1.54, 1.807) is 11.3 Å². The predicted molar refractivity (Wildman–Crippen MR) is 60.7 cm³/mol. The molecular formula is C9H12ClNS2. The zero-order chi connectivity index (χ0) is 9.31. The summed E-state index contributed by atoms with van der Waals surface area (Å²) in [6, 6.07) is 0. The Balaban J connectivity index is 2.23. The van der Waals surface area contributed by atoms with Crippen LogP contribution in [-0.2, 0) is 10.6 Å². The first-order chi connectivity index (χ1) is 6.24. The van der Waals surface area contributed by atoms with E-state index in [1.165, 1.54) is 28.5 Å². The molecule has 1 aliphatic rings. The summed E-state index contributed by atoms with van der Waals surface area (Å²) < 4.78 is 0.273. The van der Waals surface area contributed by atoms with Gasteiger partial charge in [0, 0.05) is 11.1 Å². The van der Waals surface area contributed by atoms with Crippen LogP contribution in [0.3, 0.4) is 0 Å². The molecule has 1 unspecified atom stereocenters. The Hall–Kier alpha value is 0.270. The highest BCUT2D eigenvalue weighted by molar-refractivity contribution is 8.00. The van der Waals surface area contributed by atoms with Crippen LogP contribution in [0.4, 0.5) is 0 Å². The Morgan fingerprint density at radius 1 is 1.69 bits per heavy atom. The van der Waals surface area contributed by atoms with Gasteiger partial charge in [-0.25, -0.2) is 4.98 Å². The van der Waals surface area contributed by atoms with Crippen LogP contribution in [0.2, 0.25) is 0 Å². The van der Waals surface area contributed by atoms with Crippen LogP contribution in [0.5, 0.6) is 0 Å². The van der Waals surface area contributed by atoms with Crippen molar-refractivity contribution in [3.8, 4) is 0 Å². The van der Waals surface area contributed by atoms with E-state index in [9.17, 15) is 0 Å². The average molecular weight is 234 g/mol. The average Bonchev–Trinajstić information content (AvgIpc) is 2.72. The number of hydrogen-bond acceptors (Lipinski definition) is 3. The summed E-state index contributed by atoms with van der Waals surface area (Å²) in [5.74, 6) is 1.87. The van der Waals surface area contributed by atoms with Crippen molar-refractivity contribution in [3.63, 3.8) is 0 Å². The zero-order valence-electron chi connectivity index (χ0n) is 7.55. The molecule has 4 heteroatoms. The molecule has 0 N–H and O–H groups in total. The molecule has 13 heavy (non-hydrogen) atoms. The maximum atomic E-state index is 5.76. The van der Waals surface area contributed by atoms with Gasteiger partial charge in [-0.1, -0.05) is 0 Å². The monoisotopic (exact) mass is 233 g/mol. The van der Waals surface area contributed by atoms with Crippen molar-refractivity contribution in [3.05, 3.63) is 16.1 Å². The van der Waals surface area contributed by atoms with Gasteiger partial charge in [0.05, 0.1) is 10.6 Å². The lowest BCUT2D eigenvalue weighted by Gasteiger charge is -2.18. The molecule has 0 aromatic carbocycles. The first-order valence-corrected chi connectivity index (χ1v) is 6.73. The quantitative estimate of drug-likeness (QED) is 0.724. The van der Waals surface area contributed by atoms with Gasteiger partial charge in [0.25, 0.3) is 0 Å². The maximum Gasteiger partial charge on any atom is 0.109 e. The van der Waals surface area contributed by atoms with Gasteiger partial charge >= 0.3 is 0 Å². The van der Waals surface area contributed by atoms with Crippen LogP contribution in [0.15, 0.2) is 6.20 Å². The van der Waals surface area contributed by atoms with Gasteiger partial charge in [0.1, 0.15) is 5.01 Å². The standard InChI is InChI=1S/C9H12ClNS2/c1-9(3-2-4-12-9)8-11-6-7(5-10)13-8/h6H,2-5H2,1H3. The Morgan fingerprint density at radius 3 is 3.08 bits per heavy atom. The molecule has 0 amide bonds. The van der Waals surface area contributed by atoms with E-state index < -0.39 is 0 Å². The minimum atomic E-state index is 0.273. The molecule has 1 aromatic heterocycles. The molecule has 0 saturated carbocycles. The summed E-state index contributed by atoms with van der Waals surface area (Å²) in [5, 5.41) is 1.26. The van der Waals surface area contributed by atoms with E-state index in [1.807, 2.05) is 18.0 Å². The van der Waals surface area contributed by atoms with Gasteiger partial charge < -0.3 is 0 Å². The fourth-order valence-corrected chi connectivity index (χ4v) is 4.13. The normalized spacial score (nSPS) is 28.2. The first kappa shape index (κ1) is 9.81. The number of aromatic nitrogens is 1. The van der Waals surface area contributed by atoms with Crippen molar-refractivity contribution in [1.29, 1.82) is 0 Å². The van der Waals surface area contributed by atoms with Gasteiger partial charge in [-0.3, -0.25) is 0 Å². The van der Waals surface area contributed by atoms with Crippen molar-refractivity contribution in [2.75, 3.05) is 5.75 Å². The number of halogens is 1. The molecule has 2 heterocycles. The highest BCUT2D eigenvalue weighted by atomic mass is 35.5. The molecule has 2 rings (SSSR count). The van der Waals surface area contributed by atoms with Crippen LogP contribution in [0.25, 0.3) is 0 Å². The van der Waals surface area contributed by atoms with Crippen LogP contribution < -0.4 is 0 Å². The van der Waals surface area contributed by atoms with Gasteiger partial charge in [0.15, 0.2) is 0 Å². The van der Waals surface area contributed by atoms with E-state index >= 15 is 0 Å². The summed E-state index contributed by atoms with van der Waals surface area (Å²) in [7, 11) is 0. The first-order valence-electron chi connectivity index (χ1n) is 4.40. The van der Waals surface area contributed by atoms with Crippen LogP contribution in [0.1, 0.15) is 29.7 Å². The largest absolute Gasteiger partial charge is 0.248 e. The van der Waals surface area contributed by atoms with Crippen molar-refractivity contribution >= 4 is 34.7 Å².